The molecular weight excluding hydrogens is 179 g/mol. The van der Waals surface area contributed by atoms with Gasteiger partial charge in [-0.1, -0.05) is 25.1 Å². The van der Waals surface area contributed by atoms with Crippen molar-refractivity contribution >= 4 is 0 Å². The topological polar surface area (TPSA) is 20.2 Å². The lowest BCUT2D eigenvalue weighted by molar-refractivity contribution is 0.0371. The highest BCUT2D eigenvalue weighted by molar-refractivity contribution is 5.25. The number of benzene rings is 1. The zero-order chi connectivity index (χ0) is 10.2. The molecule has 0 spiro atoms. The molecular formula is C12H15FO. The molecule has 0 aromatic heterocycles. The van der Waals surface area contributed by atoms with Gasteiger partial charge in [-0.15, -0.1) is 0 Å². The maximum Gasteiger partial charge on any atom is 0.129 e. The molecule has 0 bridgehead atoms. The summed E-state index contributed by atoms with van der Waals surface area (Å²) in [6, 6.07) is 6.53. The van der Waals surface area contributed by atoms with E-state index in [1.54, 1.807) is 18.2 Å². The van der Waals surface area contributed by atoms with Crippen LogP contribution in [-0.4, -0.2) is 5.11 Å². The predicted molar refractivity (Wildman–Crippen MR) is 53.3 cm³/mol. The molecule has 2 unspecified atom stereocenters. The Morgan fingerprint density at radius 2 is 2.14 bits per heavy atom. The predicted octanol–water partition coefficient (Wildman–Crippen LogP) is 2.83. The van der Waals surface area contributed by atoms with Gasteiger partial charge in [-0.3, -0.25) is 0 Å². The van der Waals surface area contributed by atoms with Gasteiger partial charge >= 0.3 is 0 Å². The second-order valence-corrected chi connectivity index (χ2v) is 4.36. The van der Waals surface area contributed by atoms with Crippen molar-refractivity contribution in [3.8, 4) is 0 Å². The fraction of sp³-hybridized carbons (Fsp3) is 0.500. The van der Waals surface area contributed by atoms with Gasteiger partial charge < -0.3 is 5.11 Å². The summed E-state index contributed by atoms with van der Waals surface area (Å²) in [6.07, 6.45) is 2.33. The molecule has 0 amide bonds. The Hall–Kier alpha value is -0.890. The van der Waals surface area contributed by atoms with Crippen molar-refractivity contribution in [3.63, 3.8) is 0 Å². The van der Waals surface area contributed by atoms with Crippen LogP contribution in [0.2, 0.25) is 0 Å². The van der Waals surface area contributed by atoms with E-state index in [-0.39, 0.29) is 5.82 Å². The van der Waals surface area contributed by atoms with Gasteiger partial charge in [0, 0.05) is 5.56 Å². The van der Waals surface area contributed by atoms with Crippen LogP contribution in [0.15, 0.2) is 24.3 Å². The van der Waals surface area contributed by atoms with E-state index in [2.05, 4.69) is 6.92 Å². The van der Waals surface area contributed by atoms with Crippen molar-refractivity contribution in [2.24, 2.45) is 5.92 Å². The quantitative estimate of drug-likeness (QED) is 0.728. The number of hydrogen-bond donors (Lipinski definition) is 1. The van der Waals surface area contributed by atoms with E-state index >= 15 is 0 Å². The zero-order valence-electron chi connectivity index (χ0n) is 8.33. The molecule has 1 nitrogen and oxygen atoms in total. The van der Waals surface area contributed by atoms with Gasteiger partial charge in [-0.2, -0.15) is 0 Å². The average molecular weight is 194 g/mol. The van der Waals surface area contributed by atoms with Crippen LogP contribution in [0.1, 0.15) is 31.7 Å². The Morgan fingerprint density at radius 1 is 1.43 bits per heavy atom. The van der Waals surface area contributed by atoms with Gasteiger partial charge in [-0.25, -0.2) is 4.39 Å². The summed E-state index contributed by atoms with van der Waals surface area (Å²) < 4.78 is 13.5. The third kappa shape index (κ3) is 1.55. The van der Waals surface area contributed by atoms with Crippen molar-refractivity contribution in [3.05, 3.63) is 35.6 Å². The first kappa shape index (κ1) is 9.66. The van der Waals surface area contributed by atoms with E-state index in [1.165, 1.54) is 6.07 Å². The molecule has 1 aromatic carbocycles. The van der Waals surface area contributed by atoms with Crippen molar-refractivity contribution in [2.45, 2.75) is 31.8 Å². The van der Waals surface area contributed by atoms with E-state index in [0.29, 0.717) is 24.3 Å². The standard InChI is InChI=1S/C12H15FO/c1-9-6-7-12(14,8-9)10-4-2-3-5-11(10)13/h2-5,9,14H,6-8H2,1H3. The Kier molecular flexibility index (Phi) is 2.31. The summed E-state index contributed by atoms with van der Waals surface area (Å²) in [5.41, 5.74) is -0.463. The molecule has 2 rings (SSSR count). The third-order valence-corrected chi connectivity index (χ3v) is 3.11. The highest BCUT2D eigenvalue weighted by Gasteiger charge is 2.38. The second-order valence-electron chi connectivity index (χ2n) is 4.36. The highest BCUT2D eigenvalue weighted by Crippen LogP contribution is 2.42. The fourth-order valence-electron chi connectivity index (χ4n) is 2.35. The van der Waals surface area contributed by atoms with Gasteiger partial charge in [0.25, 0.3) is 0 Å². The Morgan fingerprint density at radius 3 is 2.71 bits per heavy atom. The van der Waals surface area contributed by atoms with Gasteiger partial charge in [0.2, 0.25) is 0 Å². The van der Waals surface area contributed by atoms with E-state index in [9.17, 15) is 9.50 Å². The van der Waals surface area contributed by atoms with Crippen molar-refractivity contribution in [2.75, 3.05) is 0 Å². The Balaban J connectivity index is 2.35. The van der Waals surface area contributed by atoms with Crippen LogP contribution in [0.5, 0.6) is 0 Å². The lowest BCUT2D eigenvalue weighted by Gasteiger charge is -2.23. The minimum atomic E-state index is -0.926. The number of aliphatic hydroxyl groups is 1. The molecule has 2 heteroatoms. The van der Waals surface area contributed by atoms with Crippen LogP contribution < -0.4 is 0 Å². The maximum atomic E-state index is 13.5. The van der Waals surface area contributed by atoms with Gasteiger partial charge in [0.1, 0.15) is 5.82 Å². The summed E-state index contributed by atoms with van der Waals surface area (Å²) in [5.74, 6) is 0.198. The minimum absolute atomic E-state index is 0.288. The molecule has 1 aliphatic carbocycles. The molecule has 0 heterocycles. The Bertz CT molecular complexity index is 337. The van der Waals surface area contributed by atoms with Gasteiger partial charge in [0.05, 0.1) is 5.60 Å². The molecule has 1 aliphatic rings. The van der Waals surface area contributed by atoms with Crippen LogP contribution in [0.25, 0.3) is 0 Å². The molecule has 0 saturated heterocycles. The lowest BCUT2D eigenvalue weighted by Crippen LogP contribution is -2.23. The molecule has 1 fully saturated rings. The fourth-order valence-corrected chi connectivity index (χ4v) is 2.35. The lowest BCUT2D eigenvalue weighted by atomic mass is 9.91. The third-order valence-electron chi connectivity index (χ3n) is 3.11. The van der Waals surface area contributed by atoms with Gasteiger partial charge in [-0.05, 0) is 31.2 Å². The van der Waals surface area contributed by atoms with Gasteiger partial charge in [0.15, 0.2) is 0 Å². The molecule has 2 atom stereocenters. The van der Waals surface area contributed by atoms with Crippen LogP contribution >= 0.6 is 0 Å². The van der Waals surface area contributed by atoms with Crippen LogP contribution in [0, 0.1) is 11.7 Å². The van der Waals surface area contributed by atoms with Crippen molar-refractivity contribution in [1.82, 2.24) is 0 Å². The highest BCUT2D eigenvalue weighted by atomic mass is 19.1. The van der Waals surface area contributed by atoms with Crippen molar-refractivity contribution < 1.29 is 9.50 Å². The first-order chi connectivity index (χ1) is 6.62. The largest absolute Gasteiger partial charge is 0.385 e. The smallest absolute Gasteiger partial charge is 0.129 e. The molecule has 14 heavy (non-hydrogen) atoms. The molecule has 1 saturated carbocycles. The maximum absolute atomic E-state index is 13.5. The second kappa shape index (κ2) is 3.35. The normalized spacial score (nSPS) is 32.1. The van der Waals surface area contributed by atoms with E-state index < -0.39 is 5.60 Å². The van der Waals surface area contributed by atoms with Crippen LogP contribution in [0.4, 0.5) is 4.39 Å². The van der Waals surface area contributed by atoms with E-state index in [1.807, 2.05) is 0 Å². The summed E-state index contributed by atoms with van der Waals surface area (Å²) in [6.45, 7) is 2.10. The number of halogens is 1. The molecule has 1 aromatic rings. The summed E-state index contributed by atoms with van der Waals surface area (Å²) in [5, 5.41) is 10.3. The summed E-state index contributed by atoms with van der Waals surface area (Å²) in [4.78, 5) is 0. The zero-order valence-corrected chi connectivity index (χ0v) is 8.33. The molecule has 76 valence electrons. The van der Waals surface area contributed by atoms with Crippen LogP contribution in [0.3, 0.4) is 0 Å². The monoisotopic (exact) mass is 194 g/mol. The number of hydrogen-bond acceptors (Lipinski definition) is 1. The number of rotatable bonds is 1. The molecule has 0 aliphatic heterocycles. The van der Waals surface area contributed by atoms with E-state index in [0.717, 1.165) is 6.42 Å². The van der Waals surface area contributed by atoms with E-state index in [4.69, 9.17) is 0 Å². The SMILES string of the molecule is CC1CCC(O)(c2ccccc2F)C1. The van der Waals surface area contributed by atoms with Crippen molar-refractivity contribution in [1.29, 1.82) is 0 Å². The minimum Gasteiger partial charge on any atom is -0.385 e. The van der Waals surface area contributed by atoms with Crippen LogP contribution in [-0.2, 0) is 5.60 Å². The first-order valence-electron chi connectivity index (χ1n) is 5.09. The molecule has 1 N–H and O–H groups in total. The summed E-state index contributed by atoms with van der Waals surface area (Å²) in [7, 11) is 0. The Labute approximate surface area is 83.6 Å². The first-order valence-corrected chi connectivity index (χ1v) is 5.09. The average Bonchev–Trinajstić information content (AvgIpc) is 2.48. The summed E-state index contributed by atoms with van der Waals surface area (Å²) >= 11 is 0. The molecule has 0 radical (unpaired) electrons.